The molecule has 120 valence electrons. The van der Waals surface area contributed by atoms with Crippen molar-refractivity contribution in [3.05, 3.63) is 64.1 Å². The van der Waals surface area contributed by atoms with Crippen LogP contribution in [0.4, 0.5) is 14.5 Å². The van der Waals surface area contributed by atoms with Crippen LogP contribution in [0.15, 0.2) is 46.9 Å². The molecular formula is C16H13BrF2N2O2. The fourth-order valence-electron chi connectivity index (χ4n) is 1.87. The second-order valence-electron chi connectivity index (χ2n) is 4.73. The highest BCUT2D eigenvalue weighted by atomic mass is 79.9. The predicted molar refractivity (Wildman–Crippen MR) is 85.8 cm³/mol. The van der Waals surface area contributed by atoms with Crippen LogP contribution >= 0.6 is 15.9 Å². The van der Waals surface area contributed by atoms with Gasteiger partial charge in [0.1, 0.15) is 17.3 Å². The first-order valence-corrected chi connectivity index (χ1v) is 7.50. The number of hydrogen-bond acceptors (Lipinski definition) is 2. The van der Waals surface area contributed by atoms with E-state index in [1.54, 1.807) is 18.2 Å². The van der Waals surface area contributed by atoms with Crippen molar-refractivity contribution in [1.29, 1.82) is 0 Å². The fraction of sp³-hybridized carbons (Fsp3) is 0.125. The molecular weight excluding hydrogens is 370 g/mol. The summed E-state index contributed by atoms with van der Waals surface area (Å²) in [5.74, 6) is -2.83. The zero-order chi connectivity index (χ0) is 16.8. The summed E-state index contributed by atoms with van der Waals surface area (Å²) in [4.78, 5) is 23.4. The molecule has 2 aromatic carbocycles. The van der Waals surface area contributed by atoms with E-state index in [-0.39, 0.29) is 18.9 Å². The summed E-state index contributed by atoms with van der Waals surface area (Å²) in [6.07, 6.45) is 0.0980. The molecule has 4 nitrogen and oxygen atoms in total. The van der Waals surface area contributed by atoms with Gasteiger partial charge in [0.05, 0.1) is 13.0 Å². The Morgan fingerprint density at radius 3 is 2.30 bits per heavy atom. The summed E-state index contributed by atoms with van der Waals surface area (Å²) in [6, 6.07) is 10.4. The molecule has 2 aromatic rings. The van der Waals surface area contributed by atoms with Crippen molar-refractivity contribution in [3.63, 3.8) is 0 Å². The summed E-state index contributed by atoms with van der Waals surface area (Å²) in [5.41, 5.74) is 0.246. The Morgan fingerprint density at radius 2 is 1.65 bits per heavy atom. The third kappa shape index (κ3) is 5.14. The summed E-state index contributed by atoms with van der Waals surface area (Å²) in [7, 11) is 0. The molecule has 0 spiro atoms. The Bertz CT molecular complexity index is 718. The lowest BCUT2D eigenvalue weighted by Crippen LogP contribution is -2.34. The number of carbonyl (C=O) groups excluding carboxylic acids is 2. The van der Waals surface area contributed by atoms with Crippen molar-refractivity contribution in [2.45, 2.75) is 6.42 Å². The standard InChI is InChI=1S/C16H13BrF2N2O2/c17-11-4-1-3-10(7-11)8-14(22)20-9-15(23)21-16-12(18)5-2-6-13(16)19/h1-7H,8-9H2,(H,20,22)(H,21,23). The Hall–Kier alpha value is -2.28. The van der Waals surface area contributed by atoms with Crippen LogP contribution in [0.5, 0.6) is 0 Å². The molecule has 0 saturated carbocycles. The monoisotopic (exact) mass is 382 g/mol. The van der Waals surface area contributed by atoms with Gasteiger partial charge >= 0.3 is 0 Å². The number of hydrogen-bond donors (Lipinski definition) is 2. The van der Waals surface area contributed by atoms with Crippen LogP contribution < -0.4 is 10.6 Å². The number of carbonyl (C=O) groups is 2. The Labute approximate surface area is 140 Å². The number of benzene rings is 2. The molecule has 0 aliphatic rings. The largest absolute Gasteiger partial charge is 0.347 e. The zero-order valence-corrected chi connectivity index (χ0v) is 13.5. The van der Waals surface area contributed by atoms with E-state index in [4.69, 9.17) is 0 Å². The molecule has 7 heteroatoms. The van der Waals surface area contributed by atoms with E-state index in [2.05, 4.69) is 26.6 Å². The highest BCUT2D eigenvalue weighted by molar-refractivity contribution is 9.10. The molecule has 0 radical (unpaired) electrons. The maximum atomic E-state index is 13.4. The van der Waals surface area contributed by atoms with Gasteiger partial charge in [-0.25, -0.2) is 8.78 Å². The van der Waals surface area contributed by atoms with E-state index in [1.807, 2.05) is 6.07 Å². The molecule has 2 amide bonds. The minimum atomic E-state index is -0.876. The van der Waals surface area contributed by atoms with Crippen molar-refractivity contribution in [3.8, 4) is 0 Å². The number of para-hydroxylation sites is 1. The molecule has 0 fully saturated rings. The second kappa shape index (κ2) is 7.82. The molecule has 0 saturated heterocycles. The van der Waals surface area contributed by atoms with Crippen molar-refractivity contribution >= 4 is 33.4 Å². The first-order chi connectivity index (χ1) is 11.0. The summed E-state index contributed by atoms with van der Waals surface area (Å²) < 4.78 is 27.6. The van der Waals surface area contributed by atoms with Gasteiger partial charge in [-0.1, -0.05) is 34.1 Å². The van der Waals surface area contributed by atoms with Gasteiger partial charge in [-0.2, -0.15) is 0 Å². The zero-order valence-electron chi connectivity index (χ0n) is 11.9. The number of nitrogens with one attached hydrogen (secondary N) is 2. The molecule has 0 atom stereocenters. The van der Waals surface area contributed by atoms with Crippen LogP contribution in [0.1, 0.15) is 5.56 Å². The van der Waals surface area contributed by atoms with E-state index in [0.29, 0.717) is 0 Å². The van der Waals surface area contributed by atoms with Gasteiger partial charge in [-0.3, -0.25) is 9.59 Å². The van der Waals surface area contributed by atoms with Gasteiger partial charge < -0.3 is 10.6 Å². The van der Waals surface area contributed by atoms with E-state index in [1.165, 1.54) is 6.07 Å². The molecule has 0 heterocycles. The van der Waals surface area contributed by atoms with E-state index in [9.17, 15) is 18.4 Å². The van der Waals surface area contributed by atoms with E-state index in [0.717, 1.165) is 22.2 Å². The number of halogens is 3. The number of amides is 2. The molecule has 23 heavy (non-hydrogen) atoms. The van der Waals surface area contributed by atoms with Crippen LogP contribution in [0.25, 0.3) is 0 Å². The highest BCUT2D eigenvalue weighted by Gasteiger charge is 2.12. The average molecular weight is 383 g/mol. The summed E-state index contributed by atoms with van der Waals surface area (Å²) in [5, 5.41) is 4.49. The second-order valence-corrected chi connectivity index (χ2v) is 5.64. The molecule has 0 aromatic heterocycles. The lowest BCUT2D eigenvalue weighted by molar-refractivity contribution is -0.123. The predicted octanol–water partition coefficient (Wildman–Crippen LogP) is 3.02. The summed E-state index contributed by atoms with van der Waals surface area (Å²) in [6.45, 7) is -0.374. The van der Waals surface area contributed by atoms with Crippen LogP contribution in [0.3, 0.4) is 0 Å². The highest BCUT2D eigenvalue weighted by Crippen LogP contribution is 2.17. The minimum Gasteiger partial charge on any atom is -0.347 e. The molecule has 0 aliphatic carbocycles. The minimum absolute atomic E-state index is 0.0980. The molecule has 0 bridgehead atoms. The quantitative estimate of drug-likeness (QED) is 0.834. The van der Waals surface area contributed by atoms with Gasteiger partial charge in [0.25, 0.3) is 0 Å². The van der Waals surface area contributed by atoms with Gasteiger partial charge in [0.2, 0.25) is 11.8 Å². The SMILES string of the molecule is O=C(Cc1cccc(Br)c1)NCC(=O)Nc1c(F)cccc1F. The first-order valence-electron chi connectivity index (χ1n) is 6.70. The van der Waals surface area contributed by atoms with Gasteiger partial charge in [-0.15, -0.1) is 0 Å². The topological polar surface area (TPSA) is 58.2 Å². The maximum Gasteiger partial charge on any atom is 0.243 e. The van der Waals surface area contributed by atoms with Gasteiger partial charge in [0.15, 0.2) is 0 Å². The van der Waals surface area contributed by atoms with Crippen LogP contribution in [0, 0.1) is 11.6 Å². The first kappa shape index (κ1) is 17.1. The molecule has 2 rings (SSSR count). The average Bonchev–Trinajstić information content (AvgIpc) is 2.49. The molecule has 0 aliphatic heterocycles. The Morgan fingerprint density at radius 1 is 1.00 bits per heavy atom. The molecule has 2 N–H and O–H groups in total. The maximum absolute atomic E-state index is 13.4. The van der Waals surface area contributed by atoms with Crippen molar-refractivity contribution in [2.24, 2.45) is 0 Å². The van der Waals surface area contributed by atoms with Crippen LogP contribution in [0.2, 0.25) is 0 Å². The Balaban J connectivity index is 1.85. The van der Waals surface area contributed by atoms with E-state index < -0.39 is 23.2 Å². The normalized spacial score (nSPS) is 10.2. The van der Waals surface area contributed by atoms with Gasteiger partial charge in [-0.05, 0) is 29.8 Å². The number of anilines is 1. The third-order valence-corrected chi connectivity index (χ3v) is 3.42. The van der Waals surface area contributed by atoms with E-state index >= 15 is 0 Å². The number of rotatable bonds is 5. The van der Waals surface area contributed by atoms with Gasteiger partial charge in [0, 0.05) is 4.47 Å². The van der Waals surface area contributed by atoms with Crippen molar-refractivity contribution < 1.29 is 18.4 Å². The van der Waals surface area contributed by atoms with Crippen molar-refractivity contribution in [2.75, 3.05) is 11.9 Å². The van der Waals surface area contributed by atoms with Crippen molar-refractivity contribution in [1.82, 2.24) is 5.32 Å². The lowest BCUT2D eigenvalue weighted by atomic mass is 10.1. The Kier molecular flexibility index (Phi) is 5.81. The smallest absolute Gasteiger partial charge is 0.243 e. The summed E-state index contributed by atoms with van der Waals surface area (Å²) >= 11 is 3.30. The van der Waals surface area contributed by atoms with Crippen LogP contribution in [-0.4, -0.2) is 18.4 Å². The third-order valence-electron chi connectivity index (χ3n) is 2.93. The lowest BCUT2D eigenvalue weighted by Gasteiger charge is -2.08. The fourth-order valence-corrected chi connectivity index (χ4v) is 2.32. The molecule has 0 unspecified atom stereocenters. The van der Waals surface area contributed by atoms with Crippen LogP contribution in [-0.2, 0) is 16.0 Å².